The number of aliphatic hydroxyl groups excluding tert-OH is 1. The molecule has 0 unspecified atom stereocenters. The van der Waals surface area contributed by atoms with Crippen LogP contribution in [-0.4, -0.2) is 123 Å². The molecule has 59 heavy (non-hydrogen) atoms. The molecule has 2 aromatic rings. The van der Waals surface area contributed by atoms with Crippen LogP contribution in [0.25, 0.3) is 17.3 Å². The molecule has 0 radical (unpaired) electrons. The van der Waals surface area contributed by atoms with Gasteiger partial charge < -0.3 is 44.3 Å². The fraction of sp³-hybridized carbons (Fsp3) is 0.605. The van der Waals surface area contributed by atoms with Crippen LogP contribution in [0.5, 0.6) is 0 Å². The Balaban J connectivity index is 1.45. The zero-order valence-electron chi connectivity index (χ0n) is 35.4. The molecule has 5 rings (SSSR count). The van der Waals surface area contributed by atoms with Gasteiger partial charge in [-0.25, -0.2) is 4.79 Å². The highest BCUT2D eigenvalue weighted by molar-refractivity contribution is 7.80. The number of nitrogens with zero attached hydrogens (tertiary/aromatic N) is 3. The monoisotopic (exact) mass is 837 g/mol. The molecule has 3 N–H and O–H groups in total. The molecule has 4 heterocycles. The average Bonchev–Trinajstić information content (AvgIpc) is 3.52. The molecular formula is C43H59N5O10S. The first kappa shape index (κ1) is 45.7. The second-order valence-electron chi connectivity index (χ2n) is 16.6. The number of ether oxygens (including phenoxy) is 5. The summed E-state index contributed by atoms with van der Waals surface area (Å²) in [6, 6.07) is 6.63. The lowest BCUT2D eigenvalue weighted by atomic mass is 9.75. The molecule has 3 aliphatic heterocycles. The lowest BCUT2D eigenvalue weighted by Crippen LogP contribution is -2.59. The van der Waals surface area contributed by atoms with Gasteiger partial charge in [-0.3, -0.25) is 24.4 Å². The molecule has 0 aliphatic carbocycles. The number of hydrogen-bond acceptors (Lipinski definition) is 14. The summed E-state index contributed by atoms with van der Waals surface area (Å²) >= 11 is 5.40. The molecule has 15 nitrogen and oxygen atoms in total. The number of aromatic nitrogens is 2. The van der Waals surface area contributed by atoms with E-state index in [4.69, 9.17) is 35.9 Å². The number of esters is 1. The van der Waals surface area contributed by atoms with E-state index in [2.05, 4.69) is 20.6 Å². The van der Waals surface area contributed by atoms with Gasteiger partial charge in [-0.1, -0.05) is 57.2 Å². The van der Waals surface area contributed by atoms with Crippen molar-refractivity contribution in [2.75, 3.05) is 20.6 Å². The number of amides is 1. The van der Waals surface area contributed by atoms with E-state index in [1.54, 1.807) is 52.4 Å². The van der Waals surface area contributed by atoms with E-state index in [1.165, 1.54) is 6.92 Å². The molecule has 12 atom stereocenters. The maximum Gasteiger partial charge on any atom is 0.408 e. The van der Waals surface area contributed by atoms with Crippen molar-refractivity contribution in [3.8, 4) is 11.3 Å². The number of hydrogen-bond donors (Lipinski definition) is 3. The maximum absolute atomic E-state index is 14.4. The Morgan fingerprint density at radius 1 is 1.12 bits per heavy atom. The number of carbonyl (C=O) groups is 4. The zero-order chi connectivity index (χ0) is 43.2. The van der Waals surface area contributed by atoms with Crippen LogP contribution in [0, 0.1) is 17.8 Å². The second-order valence-corrected chi connectivity index (χ2v) is 17.0. The smallest absolute Gasteiger partial charge is 0.408 e. The minimum Gasteiger partial charge on any atom is -0.459 e. The highest BCUT2D eigenvalue weighted by atomic mass is 32.1. The fourth-order valence-corrected chi connectivity index (χ4v) is 8.68. The molecule has 0 bridgehead atoms. The van der Waals surface area contributed by atoms with Crippen LogP contribution in [0.2, 0.25) is 0 Å². The van der Waals surface area contributed by atoms with Crippen LogP contribution in [0.4, 0.5) is 4.79 Å². The molecule has 322 valence electrons. The van der Waals surface area contributed by atoms with Crippen molar-refractivity contribution < 1.29 is 48.0 Å². The molecule has 1 aromatic carbocycles. The zero-order valence-corrected chi connectivity index (χ0v) is 36.2. The minimum absolute atomic E-state index is 0.0652. The van der Waals surface area contributed by atoms with Crippen molar-refractivity contribution in [1.82, 2.24) is 25.5 Å². The molecule has 1 aromatic heterocycles. The van der Waals surface area contributed by atoms with Crippen LogP contribution in [0.15, 0.2) is 48.9 Å². The third-order valence-corrected chi connectivity index (χ3v) is 12.1. The van der Waals surface area contributed by atoms with E-state index in [0.717, 1.165) is 16.8 Å². The lowest BCUT2D eigenvalue weighted by Gasteiger charge is -2.45. The number of benzene rings is 1. The highest BCUT2D eigenvalue weighted by Crippen LogP contribution is 2.39. The summed E-state index contributed by atoms with van der Waals surface area (Å²) in [5.74, 6) is -4.31. The first-order valence-electron chi connectivity index (χ1n) is 20.3. The molecule has 16 heteroatoms. The number of likely N-dealkylation sites (N-methyl/N-ethyl adjacent to an activating group) is 1. The van der Waals surface area contributed by atoms with E-state index in [9.17, 15) is 24.3 Å². The van der Waals surface area contributed by atoms with Gasteiger partial charge >= 0.3 is 12.1 Å². The number of alkyl carbamates (subject to hydrolysis) is 1. The Kier molecular flexibility index (Phi) is 15.0. The predicted molar refractivity (Wildman–Crippen MR) is 223 cm³/mol. The normalized spacial score (nSPS) is 34.7. The van der Waals surface area contributed by atoms with Crippen molar-refractivity contribution in [3.05, 3.63) is 54.5 Å². The Morgan fingerprint density at radius 3 is 2.47 bits per heavy atom. The third-order valence-electron chi connectivity index (χ3n) is 11.9. The summed E-state index contributed by atoms with van der Waals surface area (Å²) < 4.78 is 30.9. The molecule has 3 saturated heterocycles. The van der Waals surface area contributed by atoms with Crippen LogP contribution in [-0.2, 0) is 38.1 Å². The quantitative estimate of drug-likeness (QED) is 0.180. The SMILES string of the molecule is CC[C@H]1OC(=O)[C@H](C)C(=O)C[C@@H](O[C@@H]2O[C@H](C)C[C@H](N(C)C)[C@H]2O)[C@](C)(OC(=O)NCC=Cc2ccc(-c3cnccn3)cc2)C[C@@H](C)C(=O)[C@H](C)[C@H]2NC(=S)O[C@@]21C. The Labute approximate surface area is 351 Å². The number of carbonyl (C=O) groups excluding carboxylic acids is 4. The number of aliphatic hydroxyl groups is 1. The molecular weight excluding hydrogens is 779 g/mol. The number of nitrogens with one attached hydrogen (secondary N) is 2. The second kappa shape index (κ2) is 19.4. The van der Waals surface area contributed by atoms with Gasteiger partial charge in [0.2, 0.25) is 0 Å². The fourth-order valence-electron chi connectivity index (χ4n) is 8.37. The van der Waals surface area contributed by atoms with Crippen LogP contribution in [0.1, 0.15) is 79.7 Å². The van der Waals surface area contributed by atoms with Crippen LogP contribution >= 0.6 is 12.2 Å². The Morgan fingerprint density at radius 2 is 1.83 bits per heavy atom. The number of fused-ring (bicyclic) bond motifs is 1. The number of ketones is 2. The van der Waals surface area contributed by atoms with E-state index >= 15 is 0 Å². The lowest BCUT2D eigenvalue weighted by molar-refractivity contribution is -0.286. The summed E-state index contributed by atoms with van der Waals surface area (Å²) in [4.78, 5) is 66.3. The molecule has 1 amide bonds. The predicted octanol–water partition coefficient (Wildman–Crippen LogP) is 4.65. The van der Waals surface area contributed by atoms with Gasteiger partial charge in [-0.05, 0) is 78.8 Å². The first-order valence-corrected chi connectivity index (χ1v) is 20.7. The van der Waals surface area contributed by atoms with Crippen LogP contribution in [0.3, 0.4) is 0 Å². The van der Waals surface area contributed by atoms with Crippen LogP contribution < -0.4 is 10.6 Å². The summed E-state index contributed by atoms with van der Waals surface area (Å²) in [6.45, 7) is 12.0. The van der Waals surface area contributed by atoms with Crippen molar-refractivity contribution in [1.29, 1.82) is 0 Å². The number of Topliss-reactive ketones (excluding diaryl/α,β-unsaturated/α-hetero) is 2. The first-order chi connectivity index (χ1) is 27.9. The van der Waals surface area contributed by atoms with Gasteiger partial charge in [0.25, 0.3) is 5.17 Å². The van der Waals surface area contributed by atoms with Crippen molar-refractivity contribution in [2.24, 2.45) is 17.8 Å². The van der Waals surface area contributed by atoms with Gasteiger partial charge in [0.05, 0.1) is 24.0 Å². The van der Waals surface area contributed by atoms with Crippen molar-refractivity contribution in [2.45, 2.75) is 128 Å². The largest absolute Gasteiger partial charge is 0.459 e. The molecule has 0 spiro atoms. The van der Waals surface area contributed by atoms with E-state index in [1.807, 2.05) is 63.2 Å². The topological polar surface area (TPSA) is 188 Å². The van der Waals surface area contributed by atoms with Crippen molar-refractivity contribution in [3.63, 3.8) is 0 Å². The average molecular weight is 838 g/mol. The minimum atomic E-state index is -1.68. The van der Waals surface area contributed by atoms with E-state index in [0.29, 0.717) is 12.8 Å². The molecule has 3 aliphatic rings. The number of cyclic esters (lactones) is 1. The summed E-state index contributed by atoms with van der Waals surface area (Å²) in [6.07, 6.45) is 3.13. The number of rotatable bonds is 9. The highest BCUT2D eigenvalue weighted by Gasteiger charge is 2.56. The van der Waals surface area contributed by atoms with Crippen molar-refractivity contribution >= 4 is 47.1 Å². The molecule has 3 fully saturated rings. The standard InChI is InChI=1S/C43H59N5O10S/c1-10-33-43(7)37(47-41(59)58-43)27(5)35(50)24(2)22-42(6,57-40(53)46-17-11-12-28-13-15-29(16-14-28)30-23-44-18-19-45-30)34(21-32(49)26(4)38(52)55-33)56-39-36(51)31(48(8)9)20-25(3)54-39/h11-16,18-19,23-27,31,33-34,36-37,39,51H,10,17,20-22H2,1-9H3,(H,46,53)(H,47,59)/t24-,25-,26-,27+,31+,33-,34-,36-,37-,39+,42-,43-/m1/s1. The van der Waals surface area contributed by atoms with E-state index in [-0.39, 0.29) is 36.1 Å². The third kappa shape index (κ3) is 10.7. The van der Waals surface area contributed by atoms with Gasteiger partial charge in [0.15, 0.2) is 11.9 Å². The summed E-state index contributed by atoms with van der Waals surface area (Å²) in [7, 11) is 3.67. The Hall–Kier alpha value is -4.35. The van der Waals surface area contributed by atoms with Gasteiger partial charge in [0.1, 0.15) is 41.4 Å². The summed E-state index contributed by atoms with van der Waals surface area (Å²) in [5, 5.41) is 17.4. The number of thiocarbonyl (C=S) groups is 1. The van der Waals surface area contributed by atoms with Gasteiger partial charge in [0, 0.05) is 48.8 Å². The Bertz CT molecular complexity index is 1850. The van der Waals surface area contributed by atoms with Gasteiger partial charge in [-0.15, -0.1) is 0 Å². The van der Waals surface area contributed by atoms with E-state index < -0.39 is 83.9 Å². The van der Waals surface area contributed by atoms with Gasteiger partial charge in [-0.2, -0.15) is 0 Å². The summed E-state index contributed by atoms with van der Waals surface area (Å²) in [5.41, 5.74) is -0.368. The maximum atomic E-state index is 14.4. The molecule has 0 saturated carbocycles.